The number of aromatic nitrogens is 2. The number of rotatable bonds is 13. The van der Waals surface area contributed by atoms with E-state index in [0.717, 1.165) is 42.5 Å². The van der Waals surface area contributed by atoms with Crippen LogP contribution in [0.2, 0.25) is 0 Å². The van der Waals surface area contributed by atoms with Crippen LogP contribution in [0, 0.1) is 11.6 Å². The molecule has 1 aliphatic rings. The Morgan fingerprint density at radius 2 is 1.65 bits per heavy atom. The van der Waals surface area contributed by atoms with Crippen LogP contribution < -0.4 is 14.5 Å². The average Bonchev–Trinajstić information content (AvgIpc) is 3.53. The largest absolute Gasteiger partial charge is 0.494 e. The lowest BCUT2D eigenvalue weighted by Gasteiger charge is -2.21. The van der Waals surface area contributed by atoms with Gasteiger partial charge in [-0.25, -0.2) is 18.7 Å². The van der Waals surface area contributed by atoms with Crippen LogP contribution in [0.4, 0.5) is 26.0 Å². The second kappa shape index (κ2) is 13.6. The van der Waals surface area contributed by atoms with Gasteiger partial charge in [-0.15, -0.1) is 0 Å². The topological polar surface area (TPSA) is 114 Å². The highest BCUT2D eigenvalue weighted by Crippen LogP contribution is 2.29. The first-order valence-corrected chi connectivity index (χ1v) is 15.0. The van der Waals surface area contributed by atoms with Crippen molar-refractivity contribution >= 4 is 33.7 Å². The van der Waals surface area contributed by atoms with Crippen LogP contribution in [0.5, 0.6) is 5.75 Å². The van der Waals surface area contributed by atoms with Gasteiger partial charge in [0, 0.05) is 23.9 Å². The molecule has 0 aliphatic carbocycles. The van der Waals surface area contributed by atoms with E-state index in [1.165, 1.54) is 56.5 Å². The van der Waals surface area contributed by atoms with Crippen molar-refractivity contribution in [3.05, 3.63) is 90.8 Å². The van der Waals surface area contributed by atoms with Crippen LogP contribution in [-0.2, 0) is 19.7 Å². The summed E-state index contributed by atoms with van der Waals surface area (Å²) in [4.78, 5) is 25.5. The quantitative estimate of drug-likeness (QED) is 0.122. The van der Waals surface area contributed by atoms with Gasteiger partial charge in [0.25, 0.3) is 0 Å². The first-order chi connectivity index (χ1) is 20.8. The van der Waals surface area contributed by atoms with Crippen LogP contribution in [0.1, 0.15) is 19.3 Å². The first-order valence-electron chi connectivity index (χ1n) is 13.6. The van der Waals surface area contributed by atoms with E-state index in [4.69, 9.17) is 4.74 Å². The third-order valence-corrected chi connectivity index (χ3v) is 8.43. The second-order valence-electron chi connectivity index (χ2n) is 9.72. The number of hydrogen-bond acceptors (Lipinski definition) is 9. The zero-order valence-corrected chi connectivity index (χ0v) is 23.8. The van der Waals surface area contributed by atoms with Gasteiger partial charge in [0.05, 0.1) is 18.0 Å². The summed E-state index contributed by atoms with van der Waals surface area (Å²) >= 11 is 0. The van der Waals surface area contributed by atoms with Crippen molar-refractivity contribution in [3.63, 3.8) is 0 Å². The Balaban J connectivity index is 1.24. The number of halogens is 2. The highest BCUT2D eigenvalue weighted by Gasteiger charge is 2.33. The van der Waals surface area contributed by atoms with Gasteiger partial charge in [-0.3, -0.25) is 4.79 Å². The van der Waals surface area contributed by atoms with Crippen LogP contribution in [0.3, 0.4) is 0 Å². The van der Waals surface area contributed by atoms with Crippen molar-refractivity contribution in [2.24, 2.45) is 0 Å². The molecule has 5 rings (SSSR count). The monoisotopic (exact) mass is 609 g/mol. The zero-order chi connectivity index (χ0) is 30.2. The van der Waals surface area contributed by atoms with Crippen molar-refractivity contribution in [1.29, 1.82) is 0 Å². The summed E-state index contributed by atoms with van der Waals surface area (Å²) in [5.41, 5.74) is 1.87. The Kier molecular flexibility index (Phi) is 9.42. The third-order valence-electron chi connectivity index (χ3n) is 6.79. The Labute approximate surface area is 247 Å². The molecule has 0 spiro atoms. The van der Waals surface area contributed by atoms with Gasteiger partial charge in [0.1, 0.15) is 29.5 Å². The fourth-order valence-corrected chi connectivity index (χ4v) is 6.05. The number of nitrogens with zero attached hydrogens (tertiary/aromatic N) is 4. The number of nitrogens with one attached hydrogen (secondary N) is 1. The maximum atomic E-state index is 14.2. The first kappa shape index (κ1) is 29.9. The van der Waals surface area contributed by atoms with E-state index in [1.54, 1.807) is 6.07 Å². The molecule has 1 saturated heterocycles. The van der Waals surface area contributed by atoms with E-state index >= 15 is 0 Å². The molecule has 224 valence electrons. The summed E-state index contributed by atoms with van der Waals surface area (Å²) in [6, 6.07) is 17.5. The highest BCUT2D eigenvalue weighted by atomic mass is 32.2. The predicted molar refractivity (Wildman–Crippen MR) is 156 cm³/mol. The molecular formula is C30H29F2N5O5S. The smallest absolute Gasteiger partial charge is 0.322 e. The van der Waals surface area contributed by atoms with Crippen molar-refractivity contribution < 1.29 is 31.6 Å². The summed E-state index contributed by atoms with van der Waals surface area (Å²) < 4.78 is 60.4. The van der Waals surface area contributed by atoms with Crippen LogP contribution in [0.25, 0.3) is 11.3 Å². The van der Waals surface area contributed by atoms with E-state index in [9.17, 15) is 22.0 Å². The van der Waals surface area contributed by atoms with Gasteiger partial charge in [-0.05, 0) is 93.0 Å². The van der Waals surface area contributed by atoms with Crippen molar-refractivity contribution in [2.45, 2.75) is 24.2 Å². The predicted octanol–water partition coefficient (Wildman–Crippen LogP) is 5.31. The molecule has 0 unspecified atom stereocenters. The van der Waals surface area contributed by atoms with E-state index in [-0.39, 0.29) is 16.6 Å². The molecular weight excluding hydrogens is 580 g/mol. The number of anilines is 3. The molecule has 3 aromatic carbocycles. The van der Waals surface area contributed by atoms with E-state index in [2.05, 4.69) is 25.0 Å². The normalized spacial score (nSPS) is 13.4. The molecule has 13 heteroatoms. The van der Waals surface area contributed by atoms with E-state index in [0.29, 0.717) is 23.8 Å². The summed E-state index contributed by atoms with van der Waals surface area (Å²) in [6.07, 6.45) is 4.94. The number of carbonyl (C=O) groups is 1. The summed E-state index contributed by atoms with van der Waals surface area (Å²) in [6.45, 7) is 3.90. The van der Waals surface area contributed by atoms with Crippen molar-refractivity contribution in [1.82, 2.24) is 14.9 Å². The maximum Gasteiger partial charge on any atom is 0.322 e. The number of hydrogen-bond donors (Lipinski definition) is 1. The van der Waals surface area contributed by atoms with Gasteiger partial charge in [0.15, 0.2) is 4.90 Å². The number of benzene rings is 3. The lowest BCUT2D eigenvalue weighted by Crippen LogP contribution is -2.32. The Morgan fingerprint density at radius 1 is 0.953 bits per heavy atom. The van der Waals surface area contributed by atoms with Gasteiger partial charge in [0.2, 0.25) is 0 Å². The van der Waals surface area contributed by atoms with Crippen LogP contribution in [-0.4, -0.2) is 56.0 Å². The summed E-state index contributed by atoms with van der Waals surface area (Å²) in [5, 5.41) is 3.09. The number of likely N-dealkylation sites (tertiary alicyclic amines) is 1. The molecule has 1 fully saturated rings. The van der Waals surface area contributed by atoms with Crippen LogP contribution >= 0.6 is 0 Å². The minimum absolute atomic E-state index is 0.148. The fourth-order valence-electron chi connectivity index (χ4n) is 4.71. The number of sulfonamides is 1. The van der Waals surface area contributed by atoms with Gasteiger partial charge < -0.3 is 19.8 Å². The minimum atomic E-state index is -4.92. The Bertz CT molecular complexity index is 1630. The fraction of sp³-hybridized carbons (Fsp3) is 0.233. The molecule has 10 nitrogen and oxygen atoms in total. The molecule has 4 aromatic rings. The van der Waals surface area contributed by atoms with E-state index in [1.807, 2.05) is 24.3 Å². The Hall–Kier alpha value is -4.62. The number of carbonyl (C=O) groups excluding carboxylic acids is 1. The second-order valence-corrected chi connectivity index (χ2v) is 11.4. The lowest BCUT2D eigenvalue weighted by atomic mass is 10.1. The maximum absolute atomic E-state index is 14.2. The summed E-state index contributed by atoms with van der Waals surface area (Å²) in [5.74, 6) is -1.41. The SMILES string of the molecule is O=CON(c1ccc(Nc2cc(-c3ccc(OCCCN4CCCC4)cc3)ncn2)cc1)S(=O)(=O)c1c(F)cccc1F. The standard InChI is InChI=1S/C30H29F2N5O5S/c31-26-5-3-6-27(32)30(26)43(39,40)37(42-21-38)24-11-9-23(10-12-24)35-29-19-28(33-20-34-29)22-7-13-25(14-8-22)41-18-4-17-36-15-1-2-16-36/h3,5-14,19-21H,1-2,4,15-18H2,(H,33,34,35). The molecule has 1 aliphatic heterocycles. The molecule has 0 saturated carbocycles. The number of ether oxygens (including phenoxy) is 1. The van der Waals surface area contributed by atoms with Crippen molar-refractivity contribution in [2.75, 3.05) is 36.0 Å². The molecule has 0 atom stereocenters. The third kappa shape index (κ3) is 7.24. The Morgan fingerprint density at radius 3 is 2.33 bits per heavy atom. The van der Waals surface area contributed by atoms with Gasteiger partial charge in [-0.1, -0.05) is 10.5 Å². The van der Waals surface area contributed by atoms with E-state index < -0.39 is 26.6 Å². The molecule has 0 radical (unpaired) electrons. The molecule has 1 aromatic heterocycles. The van der Waals surface area contributed by atoms with Gasteiger partial charge >= 0.3 is 16.5 Å². The molecule has 1 N–H and O–H groups in total. The lowest BCUT2D eigenvalue weighted by molar-refractivity contribution is -0.128. The minimum Gasteiger partial charge on any atom is -0.494 e. The zero-order valence-electron chi connectivity index (χ0n) is 23.0. The van der Waals surface area contributed by atoms with Gasteiger partial charge in [-0.2, -0.15) is 8.42 Å². The molecule has 0 bridgehead atoms. The summed E-state index contributed by atoms with van der Waals surface area (Å²) in [7, 11) is -4.92. The molecule has 2 heterocycles. The van der Waals surface area contributed by atoms with Crippen molar-refractivity contribution in [3.8, 4) is 17.0 Å². The molecule has 0 amide bonds. The average molecular weight is 610 g/mol. The van der Waals surface area contributed by atoms with Crippen LogP contribution in [0.15, 0.2) is 84.0 Å². The highest BCUT2D eigenvalue weighted by molar-refractivity contribution is 7.92. The molecule has 43 heavy (non-hydrogen) atoms.